The lowest BCUT2D eigenvalue weighted by atomic mass is 10.2. The molecule has 0 spiro atoms. The molecule has 0 aliphatic carbocycles. The summed E-state index contributed by atoms with van der Waals surface area (Å²) in [7, 11) is 0. The molecule has 1 amide bonds. The van der Waals surface area contributed by atoms with E-state index < -0.39 is 0 Å². The van der Waals surface area contributed by atoms with E-state index in [1.807, 2.05) is 19.1 Å². The van der Waals surface area contributed by atoms with Gasteiger partial charge in [-0.1, -0.05) is 18.2 Å². The number of rotatable bonds is 4. The number of carbonyl (C=O) groups excluding carboxylic acids is 1. The van der Waals surface area contributed by atoms with Crippen LogP contribution < -0.4 is 10.9 Å². The molecule has 0 aliphatic heterocycles. The summed E-state index contributed by atoms with van der Waals surface area (Å²) in [6.07, 6.45) is 3.34. The Bertz CT molecular complexity index is 900. The number of nitrogens with zero attached hydrogens (tertiary/aromatic N) is 3. The molecule has 0 fully saturated rings. The Morgan fingerprint density at radius 2 is 2.00 bits per heavy atom. The predicted molar refractivity (Wildman–Crippen MR) is 88.2 cm³/mol. The molecule has 2 aromatic heterocycles. The summed E-state index contributed by atoms with van der Waals surface area (Å²) in [4.78, 5) is 32.6. The van der Waals surface area contributed by atoms with Gasteiger partial charge in [0.05, 0.1) is 17.2 Å². The number of hydrogen-bond donors (Lipinski definition) is 1. The third kappa shape index (κ3) is 3.42. The van der Waals surface area contributed by atoms with Crippen LogP contribution in [0.5, 0.6) is 0 Å². The van der Waals surface area contributed by atoms with Crippen LogP contribution in [0.2, 0.25) is 0 Å². The minimum absolute atomic E-state index is 0.142. The van der Waals surface area contributed by atoms with E-state index in [4.69, 9.17) is 0 Å². The zero-order valence-electron chi connectivity index (χ0n) is 12.7. The van der Waals surface area contributed by atoms with Crippen LogP contribution in [0.4, 0.5) is 5.82 Å². The molecule has 0 saturated heterocycles. The third-order valence-corrected chi connectivity index (χ3v) is 3.49. The van der Waals surface area contributed by atoms with Gasteiger partial charge in [-0.25, -0.2) is 9.97 Å². The quantitative estimate of drug-likeness (QED) is 0.801. The van der Waals surface area contributed by atoms with E-state index in [1.54, 1.807) is 30.5 Å². The van der Waals surface area contributed by atoms with E-state index in [9.17, 15) is 9.59 Å². The molecular formula is C17H16N4O2. The number of pyridine rings is 1. The third-order valence-electron chi connectivity index (χ3n) is 3.49. The lowest BCUT2D eigenvalue weighted by molar-refractivity contribution is -0.116. The molecule has 2 heterocycles. The molecule has 1 aromatic carbocycles. The number of fused-ring (bicyclic) bond motifs is 1. The van der Waals surface area contributed by atoms with Crippen molar-refractivity contribution in [3.63, 3.8) is 0 Å². The molecular weight excluding hydrogens is 292 g/mol. The van der Waals surface area contributed by atoms with Crippen LogP contribution in [0.25, 0.3) is 10.9 Å². The van der Waals surface area contributed by atoms with Gasteiger partial charge in [0.15, 0.2) is 0 Å². The second-order valence-electron chi connectivity index (χ2n) is 5.28. The first-order valence-corrected chi connectivity index (χ1v) is 7.30. The second-order valence-corrected chi connectivity index (χ2v) is 5.28. The predicted octanol–water partition coefficient (Wildman–Crippen LogP) is 2.13. The first-order chi connectivity index (χ1) is 11.1. The summed E-state index contributed by atoms with van der Waals surface area (Å²) in [5.41, 5.74) is 1.54. The van der Waals surface area contributed by atoms with Crippen LogP contribution in [0.15, 0.2) is 53.7 Å². The molecule has 0 saturated carbocycles. The molecule has 6 nitrogen and oxygen atoms in total. The fraction of sp³-hybridized carbons (Fsp3) is 0.176. The number of aryl methyl sites for hydroxylation is 2. The maximum atomic E-state index is 12.3. The first-order valence-electron chi connectivity index (χ1n) is 7.30. The lowest BCUT2D eigenvalue weighted by Crippen LogP contribution is -2.23. The van der Waals surface area contributed by atoms with Gasteiger partial charge in [-0.2, -0.15) is 0 Å². The first kappa shape index (κ1) is 14.9. The van der Waals surface area contributed by atoms with Gasteiger partial charge < -0.3 is 5.32 Å². The molecule has 0 radical (unpaired) electrons. The van der Waals surface area contributed by atoms with Crippen LogP contribution in [0.3, 0.4) is 0 Å². The standard InChI is InChI=1S/C17H16N4O2/c1-12-6-7-15(18-10-12)20-16(22)8-9-21-11-19-14-5-3-2-4-13(14)17(21)23/h2-7,10-11H,8-9H2,1H3,(H,18,20,22). The Morgan fingerprint density at radius 3 is 2.78 bits per heavy atom. The van der Waals surface area contributed by atoms with Crippen LogP contribution in [-0.4, -0.2) is 20.4 Å². The van der Waals surface area contributed by atoms with Crippen molar-refractivity contribution in [1.29, 1.82) is 0 Å². The van der Waals surface area contributed by atoms with Gasteiger partial charge in [-0.3, -0.25) is 14.2 Å². The number of carbonyl (C=O) groups is 1. The zero-order valence-corrected chi connectivity index (χ0v) is 12.7. The Morgan fingerprint density at radius 1 is 1.17 bits per heavy atom. The monoisotopic (exact) mass is 308 g/mol. The van der Waals surface area contributed by atoms with E-state index in [2.05, 4.69) is 15.3 Å². The van der Waals surface area contributed by atoms with Gasteiger partial charge in [0.25, 0.3) is 5.56 Å². The van der Waals surface area contributed by atoms with Gasteiger partial charge >= 0.3 is 0 Å². The number of benzene rings is 1. The molecule has 0 atom stereocenters. The van der Waals surface area contributed by atoms with E-state index in [-0.39, 0.29) is 24.4 Å². The highest BCUT2D eigenvalue weighted by Gasteiger charge is 2.07. The minimum Gasteiger partial charge on any atom is -0.311 e. The van der Waals surface area contributed by atoms with Crippen molar-refractivity contribution in [2.45, 2.75) is 19.9 Å². The Hall–Kier alpha value is -3.02. The van der Waals surface area contributed by atoms with Crippen LogP contribution in [0.1, 0.15) is 12.0 Å². The van der Waals surface area contributed by atoms with E-state index in [1.165, 1.54) is 10.9 Å². The fourth-order valence-electron chi connectivity index (χ4n) is 2.23. The molecule has 116 valence electrons. The number of nitrogens with one attached hydrogen (secondary N) is 1. The van der Waals surface area contributed by atoms with Crippen molar-refractivity contribution in [1.82, 2.24) is 14.5 Å². The molecule has 0 bridgehead atoms. The average molecular weight is 308 g/mol. The molecule has 0 aliphatic rings. The van der Waals surface area contributed by atoms with Gasteiger partial charge in [0.1, 0.15) is 5.82 Å². The summed E-state index contributed by atoms with van der Waals surface area (Å²) in [5.74, 6) is 0.311. The normalized spacial score (nSPS) is 10.7. The van der Waals surface area contributed by atoms with Gasteiger partial charge in [0, 0.05) is 19.2 Å². The van der Waals surface area contributed by atoms with Crippen LogP contribution in [0, 0.1) is 6.92 Å². The number of hydrogen-bond acceptors (Lipinski definition) is 4. The van der Waals surface area contributed by atoms with E-state index in [0.717, 1.165) is 5.56 Å². The summed E-state index contributed by atoms with van der Waals surface area (Å²) in [6.45, 7) is 2.20. The SMILES string of the molecule is Cc1ccc(NC(=O)CCn2cnc3ccccc3c2=O)nc1. The smallest absolute Gasteiger partial charge is 0.261 e. The number of amides is 1. The van der Waals surface area contributed by atoms with Crippen LogP contribution >= 0.6 is 0 Å². The van der Waals surface area contributed by atoms with Crippen molar-refractivity contribution in [3.05, 3.63) is 64.8 Å². The van der Waals surface area contributed by atoms with E-state index >= 15 is 0 Å². The number of aromatic nitrogens is 3. The fourth-order valence-corrected chi connectivity index (χ4v) is 2.23. The van der Waals surface area contributed by atoms with Crippen molar-refractivity contribution in [2.75, 3.05) is 5.32 Å². The lowest BCUT2D eigenvalue weighted by Gasteiger charge is -2.07. The largest absolute Gasteiger partial charge is 0.311 e. The highest BCUT2D eigenvalue weighted by molar-refractivity contribution is 5.89. The molecule has 0 unspecified atom stereocenters. The second kappa shape index (κ2) is 6.39. The van der Waals surface area contributed by atoms with Crippen LogP contribution in [-0.2, 0) is 11.3 Å². The molecule has 3 rings (SSSR count). The van der Waals surface area contributed by atoms with Gasteiger partial charge in [-0.05, 0) is 30.7 Å². The summed E-state index contributed by atoms with van der Waals surface area (Å²) in [6, 6.07) is 10.8. The van der Waals surface area contributed by atoms with E-state index in [0.29, 0.717) is 16.7 Å². The Labute approximate surface area is 132 Å². The number of anilines is 1. The molecule has 6 heteroatoms. The number of para-hydroxylation sites is 1. The average Bonchev–Trinajstić information content (AvgIpc) is 2.57. The molecule has 1 N–H and O–H groups in total. The highest BCUT2D eigenvalue weighted by atomic mass is 16.2. The van der Waals surface area contributed by atoms with Crippen molar-refractivity contribution >= 4 is 22.6 Å². The topological polar surface area (TPSA) is 76.9 Å². The van der Waals surface area contributed by atoms with Crippen molar-refractivity contribution < 1.29 is 4.79 Å². The van der Waals surface area contributed by atoms with Crippen molar-refractivity contribution in [3.8, 4) is 0 Å². The Kier molecular flexibility index (Phi) is 4.14. The Balaban J connectivity index is 1.68. The molecule has 23 heavy (non-hydrogen) atoms. The van der Waals surface area contributed by atoms with Gasteiger partial charge in [-0.15, -0.1) is 0 Å². The van der Waals surface area contributed by atoms with Crippen molar-refractivity contribution in [2.24, 2.45) is 0 Å². The highest BCUT2D eigenvalue weighted by Crippen LogP contribution is 2.06. The molecule has 3 aromatic rings. The maximum Gasteiger partial charge on any atom is 0.261 e. The summed E-state index contributed by atoms with van der Waals surface area (Å²) in [5, 5.41) is 3.26. The van der Waals surface area contributed by atoms with Gasteiger partial charge in [0.2, 0.25) is 5.91 Å². The summed E-state index contributed by atoms with van der Waals surface area (Å²) < 4.78 is 1.45. The minimum atomic E-state index is -0.193. The maximum absolute atomic E-state index is 12.3. The summed E-state index contributed by atoms with van der Waals surface area (Å²) >= 11 is 0. The zero-order chi connectivity index (χ0) is 16.2.